The van der Waals surface area contributed by atoms with E-state index < -0.39 is 5.97 Å². The van der Waals surface area contributed by atoms with Gasteiger partial charge in [-0.15, -0.1) is 0 Å². The van der Waals surface area contributed by atoms with Crippen molar-refractivity contribution in [3.8, 4) is 23.0 Å². The Hall–Kier alpha value is -3.74. The summed E-state index contributed by atoms with van der Waals surface area (Å²) < 4.78 is 26.9. The van der Waals surface area contributed by atoms with Crippen LogP contribution in [0.1, 0.15) is 11.1 Å². The van der Waals surface area contributed by atoms with Crippen LogP contribution in [0.4, 0.5) is 0 Å². The highest BCUT2D eigenvalue weighted by Crippen LogP contribution is 2.34. The van der Waals surface area contributed by atoms with E-state index in [2.05, 4.69) is 4.99 Å². The molecule has 0 radical (unpaired) electrons. The molecule has 2 aromatic carbocycles. The fraction of sp³-hybridized carbons (Fsp3) is 0.143. The second-order valence-electron chi connectivity index (χ2n) is 6.32. The number of fused-ring (bicyclic) bond motifs is 2. The average molecular weight is 377 g/mol. The highest BCUT2D eigenvalue weighted by Gasteiger charge is 2.26. The van der Waals surface area contributed by atoms with E-state index in [1.807, 2.05) is 24.3 Å². The Morgan fingerprint density at radius 2 is 1.93 bits per heavy atom. The van der Waals surface area contributed by atoms with Crippen molar-refractivity contribution in [1.29, 1.82) is 0 Å². The molecule has 3 aliphatic heterocycles. The van der Waals surface area contributed by atoms with Gasteiger partial charge in [-0.3, -0.25) is 0 Å². The maximum Gasteiger partial charge on any atom is 0.363 e. The summed E-state index contributed by atoms with van der Waals surface area (Å²) >= 11 is 0. The first-order chi connectivity index (χ1) is 13.7. The number of carbonyl (C=O) groups is 1. The van der Waals surface area contributed by atoms with Crippen molar-refractivity contribution < 1.29 is 28.5 Å². The largest absolute Gasteiger partial charge is 0.497 e. The van der Waals surface area contributed by atoms with Crippen molar-refractivity contribution in [3.63, 3.8) is 0 Å². The third kappa shape index (κ3) is 2.87. The van der Waals surface area contributed by atoms with Crippen LogP contribution in [0.2, 0.25) is 0 Å². The summed E-state index contributed by atoms with van der Waals surface area (Å²) in [4.78, 5) is 16.6. The van der Waals surface area contributed by atoms with Crippen molar-refractivity contribution in [2.75, 3.05) is 20.5 Å². The van der Waals surface area contributed by atoms with Crippen molar-refractivity contribution in [2.45, 2.75) is 0 Å². The number of ether oxygens (including phenoxy) is 5. The fourth-order valence-electron chi connectivity index (χ4n) is 3.11. The highest BCUT2D eigenvalue weighted by atomic mass is 16.7. The van der Waals surface area contributed by atoms with Crippen LogP contribution in [0.25, 0.3) is 6.08 Å². The lowest BCUT2D eigenvalue weighted by Gasteiger charge is -2.16. The summed E-state index contributed by atoms with van der Waals surface area (Å²) in [5.41, 5.74) is 2.59. The number of hydrogen-bond donors (Lipinski definition) is 0. The summed E-state index contributed by atoms with van der Waals surface area (Å²) in [5.74, 6) is 2.45. The molecular weight excluding hydrogens is 362 g/mol. The molecule has 0 saturated heterocycles. The number of cyclic esters (lactones) is 1. The SMILES string of the molecule is COc1ccc2c(c1)OCC(C=C1N=C(c3ccc4c(c3)OCO4)OC1=O)=C2. The minimum Gasteiger partial charge on any atom is -0.497 e. The van der Waals surface area contributed by atoms with Crippen LogP contribution in [0.3, 0.4) is 0 Å². The highest BCUT2D eigenvalue weighted by molar-refractivity contribution is 6.11. The summed E-state index contributed by atoms with van der Waals surface area (Å²) in [6.45, 7) is 0.504. The van der Waals surface area contributed by atoms with Crippen LogP contribution in [0.5, 0.6) is 23.0 Å². The van der Waals surface area contributed by atoms with Crippen LogP contribution in [0.15, 0.2) is 58.7 Å². The number of methoxy groups -OCH3 is 1. The van der Waals surface area contributed by atoms with Gasteiger partial charge in [0, 0.05) is 17.2 Å². The van der Waals surface area contributed by atoms with Gasteiger partial charge in [0.05, 0.1) is 7.11 Å². The number of benzene rings is 2. The predicted molar refractivity (Wildman–Crippen MR) is 99.7 cm³/mol. The van der Waals surface area contributed by atoms with Crippen molar-refractivity contribution in [1.82, 2.24) is 0 Å². The zero-order chi connectivity index (χ0) is 19.1. The second-order valence-corrected chi connectivity index (χ2v) is 6.32. The van der Waals surface area contributed by atoms with Crippen LogP contribution < -0.4 is 18.9 Å². The van der Waals surface area contributed by atoms with E-state index in [1.165, 1.54) is 0 Å². The quantitative estimate of drug-likeness (QED) is 0.604. The minimum absolute atomic E-state index is 0.178. The molecule has 3 aliphatic rings. The number of carbonyl (C=O) groups excluding carboxylic acids is 1. The standard InChI is InChI=1S/C21H15NO6/c1-24-15-4-2-13-6-12(10-25-18(13)9-15)7-16-21(23)28-20(22-16)14-3-5-17-19(8-14)27-11-26-17/h2-9H,10-11H2,1H3. The first-order valence-electron chi connectivity index (χ1n) is 8.63. The summed E-state index contributed by atoms with van der Waals surface area (Å²) in [6.07, 6.45) is 3.63. The molecule has 0 atom stereocenters. The van der Waals surface area contributed by atoms with Gasteiger partial charge in [0.15, 0.2) is 17.2 Å². The molecule has 0 fully saturated rings. The molecular formula is C21H15NO6. The molecule has 0 aromatic heterocycles. The van der Waals surface area contributed by atoms with Crippen molar-refractivity contribution in [2.24, 2.45) is 4.99 Å². The Kier molecular flexibility index (Phi) is 3.79. The summed E-state index contributed by atoms with van der Waals surface area (Å²) in [6, 6.07) is 10.9. The Morgan fingerprint density at radius 1 is 1.04 bits per heavy atom. The molecule has 28 heavy (non-hydrogen) atoms. The number of rotatable bonds is 3. The van der Waals surface area contributed by atoms with Crippen molar-refractivity contribution >= 4 is 17.9 Å². The van der Waals surface area contributed by atoms with Crippen LogP contribution in [-0.2, 0) is 9.53 Å². The monoisotopic (exact) mass is 377 g/mol. The molecule has 0 aliphatic carbocycles. The lowest BCUT2D eigenvalue weighted by atomic mass is 10.1. The zero-order valence-electron chi connectivity index (χ0n) is 14.9. The maximum atomic E-state index is 12.2. The van der Waals surface area contributed by atoms with Crippen LogP contribution >= 0.6 is 0 Å². The van der Waals surface area contributed by atoms with Gasteiger partial charge in [0.1, 0.15) is 18.1 Å². The molecule has 5 rings (SSSR count). The first kappa shape index (κ1) is 16.4. The third-order valence-electron chi connectivity index (χ3n) is 4.52. The van der Waals surface area contributed by atoms with Gasteiger partial charge in [-0.1, -0.05) is 0 Å². The summed E-state index contributed by atoms with van der Waals surface area (Å²) in [7, 11) is 1.61. The van der Waals surface area contributed by atoms with E-state index in [-0.39, 0.29) is 18.4 Å². The van der Waals surface area contributed by atoms with Gasteiger partial charge >= 0.3 is 5.97 Å². The lowest BCUT2D eigenvalue weighted by Crippen LogP contribution is -2.08. The molecule has 0 unspecified atom stereocenters. The van der Waals surface area contributed by atoms with Gasteiger partial charge in [-0.2, -0.15) is 0 Å². The normalized spacial score (nSPS) is 18.2. The number of nitrogens with zero attached hydrogens (tertiary/aromatic N) is 1. The molecule has 0 amide bonds. The Bertz CT molecular complexity index is 1080. The number of hydrogen-bond acceptors (Lipinski definition) is 7. The first-order valence-corrected chi connectivity index (χ1v) is 8.63. The minimum atomic E-state index is -0.505. The predicted octanol–water partition coefficient (Wildman–Crippen LogP) is 3.09. The smallest absolute Gasteiger partial charge is 0.363 e. The average Bonchev–Trinajstić information content (AvgIpc) is 3.33. The van der Waals surface area contributed by atoms with Gasteiger partial charge < -0.3 is 23.7 Å². The van der Waals surface area contributed by atoms with E-state index in [0.29, 0.717) is 23.7 Å². The molecule has 0 N–H and O–H groups in total. The van der Waals surface area contributed by atoms with E-state index in [9.17, 15) is 4.79 Å². The summed E-state index contributed by atoms with van der Waals surface area (Å²) in [5, 5.41) is 0. The molecule has 7 nitrogen and oxygen atoms in total. The topological polar surface area (TPSA) is 75.6 Å². The van der Waals surface area contributed by atoms with Gasteiger partial charge in [0.25, 0.3) is 0 Å². The Labute approximate surface area is 160 Å². The Balaban J connectivity index is 1.43. The number of aliphatic imine (C=N–C) groups is 1. The third-order valence-corrected chi connectivity index (χ3v) is 4.52. The van der Waals surface area contributed by atoms with E-state index in [4.69, 9.17) is 23.7 Å². The molecule has 2 aromatic rings. The number of esters is 1. The van der Waals surface area contributed by atoms with Crippen molar-refractivity contribution in [3.05, 3.63) is 64.9 Å². The zero-order valence-corrected chi connectivity index (χ0v) is 14.9. The van der Waals surface area contributed by atoms with Crippen LogP contribution in [0, 0.1) is 0 Å². The van der Waals surface area contributed by atoms with Gasteiger partial charge in [-0.25, -0.2) is 9.79 Å². The second kappa shape index (κ2) is 6.45. The fourth-order valence-corrected chi connectivity index (χ4v) is 3.11. The van der Waals surface area contributed by atoms with E-state index in [0.717, 1.165) is 22.6 Å². The van der Waals surface area contributed by atoms with Gasteiger partial charge in [0.2, 0.25) is 12.7 Å². The van der Waals surface area contributed by atoms with Gasteiger partial charge in [-0.05, 0) is 48.1 Å². The molecule has 0 saturated carbocycles. The van der Waals surface area contributed by atoms with Crippen LogP contribution in [-0.4, -0.2) is 32.4 Å². The van der Waals surface area contributed by atoms with E-state index >= 15 is 0 Å². The molecule has 7 heteroatoms. The molecule has 3 heterocycles. The Morgan fingerprint density at radius 3 is 2.82 bits per heavy atom. The molecule has 0 spiro atoms. The van der Waals surface area contributed by atoms with E-state index in [1.54, 1.807) is 31.4 Å². The lowest BCUT2D eigenvalue weighted by molar-refractivity contribution is -0.130. The molecule has 140 valence electrons. The molecule has 0 bridgehead atoms. The maximum absolute atomic E-state index is 12.2.